The average Bonchev–Trinajstić information content (AvgIpc) is 3.07. The molecule has 1 heterocycles. The second-order valence-corrected chi connectivity index (χ2v) is 6.23. The third-order valence-corrected chi connectivity index (χ3v) is 4.33. The number of methoxy groups -OCH3 is 1. The Morgan fingerprint density at radius 3 is 2.88 bits per heavy atom. The van der Waals surface area contributed by atoms with E-state index in [4.69, 9.17) is 9.47 Å². The summed E-state index contributed by atoms with van der Waals surface area (Å²) in [5, 5.41) is 3.44. The average molecular weight is 333 g/mol. The van der Waals surface area contributed by atoms with Gasteiger partial charge in [0.25, 0.3) is 0 Å². The second kappa shape index (κ2) is 11.0. The number of ether oxygens (including phenoxy) is 2. The molecule has 0 aromatic heterocycles. The molecule has 2 rings (SSSR count). The topological polar surface area (TPSA) is 46.1 Å². The van der Waals surface area contributed by atoms with Gasteiger partial charge in [0, 0.05) is 46.3 Å². The maximum Gasteiger partial charge on any atom is 0.193 e. The fourth-order valence-corrected chi connectivity index (χ4v) is 3.04. The highest BCUT2D eigenvalue weighted by molar-refractivity contribution is 5.80. The molecule has 1 aliphatic heterocycles. The van der Waals surface area contributed by atoms with Crippen LogP contribution in [0, 0.1) is 5.92 Å². The Hall–Kier alpha value is -1.59. The lowest BCUT2D eigenvalue weighted by Gasteiger charge is -2.21. The number of guanidine groups is 1. The van der Waals surface area contributed by atoms with Crippen LogP contribution in [-0.4, -0.2) is 64.5 Å². The van der Waals surface area contributed by atoms with Crippen molar-refractivity contribution < 1.29 is 9.47 Å². The van der Waals surface area contributed by atoms with Crippen LogP contribution in [0.15, 0.2) is 35.3 Å². The van der Waals surface area contributed by atoms with Crippen LogP contribution in [-0.2, 0) is 15.9 Å². The number of nitrogens with zero attached hydrogens (tertiary/aromatic N) is 2. The fourth-order valence-electron chi connectivity index (χ4n) is 3.04. The summed E-state index contributed by atoms with van der Waals surface area (Å²) < 4.78 is 11.0. The van der Waals surface area contributed by atoms with E-state index in [-0.39, 0.29) is 0 Å². The van der Waals surface area contributed by atoms with Crippen LogP contribution in [0.3, 0.4) is 0 Å². The molecule has 0 bridgehead atoms. The largest absolute Gasteiger partial charge is 0.384 e. The molecule has 0 aliphatic carbocycles. The molecule has 0 radical (unpaired) electrons. The molecule has 0 amide bonds. The van der Waals surface area contributed by atoms with E-state index in [1.165, 1.54) is 12.0 Å². The van der Waals surface area contributed by atoms with Crippen molar-refractivity contribution in [1.29, 1.82) is 0 Å². The summed E-state index contributed by atoms with van der Waals surface area (Å²) in [4.78, 5) is 6.71. The lowest BCUT2D eigenvalue weighted by Crippen LogP contribution is -2.40. The molecule has 134 valence electrons. The van der Waals surface area contributed by atoms with Gasteiger partial charge in [-0.2, -0.15) is 0 Å². The Labute approximate surface area is 146 Å². The van der Waals surface area contributed by atoms with Crippen molar-refractivity contribution >= 4 is 5.96 Å². The van der Waals surface area contributed by atoms with Gasteiger partial charge in [-0.05, 0) is 24.8 Å². The van der Waals surface area contributed by atoms with E-state index in [1.807, 2.05) is 13.1 Å². The standard InChI is InChI=1S/C19H31N3O2/c1-20-19(22-12-9-18(15-22)16-23-2)21-11-6-13-24-14-10-17-7-4-3-5-8-17/h3-5,7-8,18H,6,9-16H2,1-2H3,(H,20,21). The number of rotatable bonds is 9. The molecule has 1 unspecified atom stereocenters. The van der Waals surface area contributed by atoms with Gasteiger partial charge in [0.1, 0.15) is 0 Å². The summed E-state index contributed by atoms with van der Waals surface area (Å²) in [6.07, 6.45) is 3.14. The first-order valence-corrected chi connectivity index (χ1v) is 8.89. The Balaban J connectivity index is 1.53. The number of nitrogens with one attached hydrogen (secondary N) is 1. The molecule has 24 heavy (non-hydrogen) atoms. The number of hydrogen-bond donors (Lipinski definition) is 1. The molecule has 1 fully saturated rings. The van der Waals surface area contributed by atoms with E-state index in [9.17, 15) is 0 Å². The van der Waals surface area contributed by atoms with E-state index in [0.717, 1.165) is 58.3 Å². The van der Waals surface area contributed by atoms with Gasteiger partial charge < -0.3 is 19.7 Å². The smallest absolute Gasteiger partial charge is 0.193 e. The Morgan fingerprint density at radius 2 is 2.12 bits per heavy atom. The lowest BCUT2D eigenvalue weighted by molar-refractivity contribution is 0.135. The first-order valence-electron chi connectivity index (χ1n) is 8.89. The molecular weight excluding hydrogens is 302 g/mol. The highest BCUT2D eigenvalue weighted by Gasteiger charge is 2.24. The highest BCUT2D eigenvalue weighted by atomic mass is 16.5. The van der Waals surface area contributed by atoms with E-state index in [2.05, 4.69) is 39.5 Å². The Morgan fingerprint density at radius 1 is 1.29 bits per heavy atom. The molecule has 5 nitrogen and oxygen atoms in total. The van der Waals surface area contributed by atoms with Gasteiger partial charge in [0.05, 0.1) is 13.2 Å². The Kier molecular flexibility index (Phi) is 8.63. The summed E-state index contributed by atoms with van der Waals surface area (Å²) in [6, 6.07) is 10.5. The van der Waals surface area contributed by atoms with Gasteiger partial charge in [-0.25, -0.2) is 0 Å². The first kappa shape index (κ1) is 18.7. The summed E-state index contributed by atoms with van der Waals surface area (Å²) in [6.45, 7) is 5.38. The number of hydrogen-bond acceptors (Lipinski definition) is 3. The van der Waals surface area contributed by atoms with Gasteiger partial charge >= 0.3 is 0 Å². The van der Waals surface area contributed by atoms with Crippen LogP contribution >= 0.6 is 0 Å². The van der Waals surface area contributed by atoms with Crippen molar-refractivity contribution in [2.45, 2.75) is 19.3 Å². The van der Waals surface area contributed by atoms with Gasteiger partial charge in [-0.15, -0.1) is 0 Å². The normalized spacial score (nSPS) is 18.2. The van der Waals surface area contributed by atoms with Gasteiger partial charge in [-0.1, -0.05) is 30.3 Å². The lowest BCUT2D eigenvalue weighted by atomic mass is 10.1. The second-order valence-electron chi connectivity index (χ2n) is 6.23. The zero-order chi connectivity index (χ0) is 17.0. The number of benzene rings is 1. The number of likely N-dealkylation sites (tertiary alicyclic amines) is 1. The van der Waals surface area contributed by atoms with E-state index in [0.29, 0.717) is 5.92 Å². The van der Waals surface area contributed by atoms with E-state index >= 15 is 0 Å². The van der Waals surface area contributed by atoms with Crippen LogP contribution in [0.4, 0.5) is 0 Å². The summed E-state index contributed by atoms with van der Waals surface area (Å²) in [5.74, 6) is 1.62. The van der Waals surface area contributed by atoms with Crippen LogP contribution in [0.2, 0.25) is 0 Å². The van der Waals surface area contributed by atoms with Crippen molar-refractivity contribution in [1.82, 2.24) is 10.2 Å². The Bertz CT molecular complexity index is 479. The van der Waals surface area contributed by atoms with E-state index in [1.54, 1.807) is 7.11 Å². The van der Waals surface area contributed by atoms with Crippen LogP contribution in [0.1, 0.15) is 18.4 Å². The number of aliphatic imine (C=N–C) groups is 1. The van der Waals surface area contributed by atoms with Gasteiger partial charge in [0.15, 0.2) is 5.96 Å². The molecule has 0 saturated carbocycles. The zero-order valence-corrected chi connectivity index (χ0v) is 15.0. The van der Waals surface area contributed by atoms with E-state index < -0.39 is 0 Å². The molecule has 1 aliphatic rings. The zero-order valence-electron chi connectivity index (χ0n) is 15.0. The molecule has 1 N–H and O–H groups in total. The minimum absolute atomic E-state index is 0.620. The summed E-state index contributed by atoms with van der Waals surface area (Å²) in [7, 11) is 3.62. The SMILES string of the molecule is CN=C(NCCCOCCc1ccccc1)N1CCC(COC)C1. The molecule has 1 saturated heterocycles. The predicted molar refractivity (Wildman–Crippen MR) is 98.5 cm³/mol. The fraction of sp³-hybridized carbons (Fsp3) is 0.632. The summed E-state index contributed by atoms with van der Waals surface area (Å²) >= 11 is 0. The van der Waals surface area contributed by atoms with Crippen LogP contribution in [0.25, 0.3) is 0 Å². The first-order chi connectivity index (χ1) is 11.8. The van der Waals surface area contributed by atoms with Crippen molar-refractivity contribution in [2.75, 3.05) is 53.6 Å². The van der Waals surface area contributed by atoms with Crippen molar-refractivity contribution in [2.24, 2.45) is 10.9 Å². The van der Waals surface area contributed by atoms with Crippen molar-refractivity contribution in [3.63, 3.8) is 0 Å². The van der Waals surface area contributed by atoms with Crippen molar-refractivity contribution in [3.05, 3.63) is 35.9 Å². The minimum Gasteiger partial charge on any atom is -0.384 e. The summed E-state index contributed by atoms with van der Waals surface area (Å²) in [5.41, 5.74) is 1.33. The molecule has 1 atom stereocenters. The quantitative estimate of drug-likeness (QED) is 0.427. The minimum atomic E-state index is 0.620. The maximum atomic E-state index is 5.72. The van der Waals surface area contributed by atoms with Crippen molar-refractivity contribution in [3.8, 4) is 0 Å². The van der Waals surface area contributed by atoms with Crippen LogP contribution < -0.4 is 5.32 Å². The monoisotopic (exact) mass is 333 g/mol. The third-order valence-electron chi connectivity index (χ3n) is 4.33. The molecular formula is C19H31N3O2. The molecule has 0 spiro atoms. The predicted octanol–water partition coefficient (Wildman–Crippen LogP) is 2.18. The molecule has 1 aromatic rings. The molecule has 5 heteroatoms. The maximum absolute atomic E-state index is 5.72. The van der Waals surface area contributed by atoms with Crippen LogP contribution in [0.5, 0.6) is 0 Å². The van der Waals surface area contributed by atoms with Gasteiger partial charge in [0.2, 0.25) is 0 Å². The third kappa shape index (κ3) is 6.49. The van der Waals surface area contributed by atoms with Gasteiger partial charge in [-0.3, -0.25) is 4.99 Å². The highest BCUT2D eigenvalue weighted by Crippen LogP contribution is 2.16. The molecule has 1 aromatic carbocycles.